The van der Waals surface area contributed by atoms with Crippen LogP contribution in [0.25, 0.3) is 16.8 Å². The minimum absolute atomic E-state index is 0.322. The number of aryl methyl sites for hydroxylation is 2. The molecule has 0 bridgehead atoms. The number of hydrogen-bond donors (Lipinski definition) is 1. The van der Waals surface area contributed by atoms with Crippen molar-refractivity contribution in [1.82, 2.24) is 24.5 Å². The Labute approximate surface area is 194 Å². The highest BCUT2D eigenvalue weighted by molar-refractivity contribution is 5.90. The van der Waals surface area contributed by atoms with Gasteiger partial charge < -0.3 is 14.9 Å². The quantitative estimate of drug-likeness (QED) is 0.618. The molecule has 3 aromatic rings. The number of likely N-dealkylation sites (N-methyl/N-ethyl adjacent to an activating group) is 1. The Bertz CT molecular complexity index is 1160. The van der Waals surface area contributed by atoms with E-state index in [0.29, 0.717) is 22.9 Å². The van der Waals surface area contributed by atoms with Gasteiger partial charge in [0.05, 0.1) is 6.10 Å². The van der Waals surface area contributed by atoms with Crippen molar-refractivity contribution in [1.29, 1.82) is 0 Å². The van der Waals surface area contributed by atoms with E-state index >= 15 is 0 Å². The third-order valence-corrected chi connectivity index (χ3v) is 6.37. The van der Waals surface area contributed by atoms with E-state index in [0.717, 1.165) is 48.7 Å². The summed E-state index contributed by atoms with van der Waals surface area (Å²) in [4.78, 5) is 4.68. The maximum Gasteiger partial charge on any atom is 0.158 e. The Balaban J connectivity index is 1.81. The number of aliphatic hydroxyl groups is 1. The molecule has 4 rings (SSSR count). The lowest BCUT2D eigenvalue weighted by Crippen LogP contribution is -2.51. The van der Waals surface area contributed by atoms with Gasteiger partial charge in [-0.3, -0.25) is 9.36 Å². The van der Waals surface area contributed by atoms with Crippen LogP contribution in [0.1, 0.15) is 43.6 Å². The van der Waals surface area contributed by atoms with Crippen LogP contribution in [0.2, 0.25) is 0 Å². The van der Waals surface area contributed by atoms with Crippen molar-refractivity contribution in [2.75, 3.05) is 31.6 Å². The second kappa shape index (κ2) is 9.11. The lowest BCUT2D eigenvalue weighted by atomic mass is 9.94. The van der Waals surface area contributed by atoms with Crippen molar-refractivity contribution in [2.45, 2.75) is 39.5 Å². The first-order chi connectivity index (χ1) is 15.7. The van der Waals surface area contributed by atoms with Gasteiger partial charge in [0.15, 0.2) is 5.82 Å². The van der Waals surface area contributed by atoms with Gasteiger partial charge in [-0.1, -0.05) is 6.58 Å². The second-order valence-electron chi connectivity index (χ2n) is 8.98. The maximum absolute atomic E-state index is 13.9. The SMILES string of the molecule is C=C(c1cn(C)nc1-c1ccc(F)cc1[C@@H](C)O)c1cn(CC)nc1N1CCN(C)C[C@H]1C. The molecule has 1 saturated heterocycles. The molecule has 1 fully saturated rings. The van der Waals surface area contributed by atoms with Crippen molar-refractivity contribution in [2.24, 2.45) is 7.05 Å². The number of aliphatic hydroxyl groups excluding tert-OH is 1. The van der Waals surface area contributed by atoms with Crippen molar-refractivity contribution in [3.05, 3.63) is 59.7 Å². The number of aromatic nitrogens is 4. The van der Waals surface area contributed by atoms with E-state index in [-0.39, 0.29) is 5.82 Å². The summed E-state index contributed by atoms with van der Waals surface area (Å²) in [6, 6.07) is 4.76. The molecule has 8 heteroatoms. The number of rotatable bonds is 6. The molecule has 1 aromatic carbocycles. The predicted molar refractivity (Wildman–Crippen MR) is 130 cm³/mol. The summed E-state index contributed by atoms with van der Waals surface area (Å²) in [5, 5.41) is 19.9. The van der Waals surface area contributed by atoms with Crippen LogP contribution < -0.4 is 4.90 Å². The molecule has 1 aliphatic rings. The molecule has 2 aromatic heterocycles. The van der Waals surface area contributed by atoms with Crippen molar-refractivity contribution in [3.8, 4) is 11.3 Å². The molecule has 0 saturated carbocycles. The van der Waals surface area contributed by atoms with Gasteiger partial charge in [-0.2, -0.15) is 10.2 Å². The number of benzene rings is 1. The minimum atomic E-state index is -0.830. The fourth-order valence-electron chi connectivity index (χ4n) is 4.60. The van der Waals surface area contributed by atoms with Crippen LogP contribution in [0, 0.1) is 5.82 Å². The summed E-state index contributed by atoms with van der Waals surface area (Å²) in [6.07, 6.45) is 3.14. The number of nitrogens with zero attached hydrogens (tertiary/aromatic N) is 6. The zero-order valence-electron chi connectivity index (χ0n) is 20.1. The topological polar surface area (TPSA) is 62.4 Å². The Morgan fingerprint density at radius 1 is 1.21 bits per heavy atom. The Morgan fingerprint density at radius 2 is 1.97 bits per heavy atom. The molecule has 33 heavy (non-hydrogen) atoms. The molecule has 176 valence electrons. The molecular weight excluding hydrogens is 419 g/mol. The van der Waals surface area contributed by atoms with Gasteiger partial charge in [-0.25, -0.2) is 4.39 Å². The standard InChI is InChI=1S/C25H33FN6O/c1-7-31-15-23(25(28-31)32-11-10-29(5)13-16(32)2)17(3)22-14-30(6)27-24(22)20-9-8-19(26)12-21(20)18(4)33/h8-9,12,14-16,18,33H,3,7,10-11,13H2,1-2,4-6H3/t16-,18-/m1/s1. The van der Waals surface area contributed by atoms with E-state index in [4.69, 9.17) is 5.10 Å². The zero-order valence-corrected chi connectivity index (χ0v) is 20.1. The minimum Gasteiger partial charge on any atom is -0.389 e. The summed E-state index contributed by atoms with van der Waals surface area (Å²) in [7, 11) is 3.99. The maximum atomic E-state index is 13.9. The zero-order chi connectivity index (χ0) is 23.9. The normalized spacial score (nSPS) is 18.0. The van der Waals surface area contributed by atoms with Crippen LogP contribution in [0.15, 0.2) is 37.2 Å². The van der Waals surface area contributed by atoms with Crippen LogP contribution in [-0.4, -0.2) is 62.3 Å². The Morgan fingerprint density at radius 3 is 2.64 bits per heavy atom. The van der Waals surface area contributed by atoms with E-state index in [2.05, 4.69) is 42.4 Å². The molecule has 2 atom stereocenters. The molecule has 3 heterocycles. The highest BCUT2D eigenvalue weighted by Crippen LogP contribution is 2.38. The summed E-state index contributed by atoms with van der Waals surface area (Å²) < 4.78 is 17.6. The van der Waals surface area contributed by atoms with Crippen molar-refractivity contribution >= 4 is 11.4 Å². The number of piperazine rings is 1. The molecule has 0 unspecified atom stereocenters. The van der Waals surface area contributed by atoms with Crippen LogP contribution in [-0.2, 0) is 13.6 Å². The average molecular weight is 453 g/mol. The third kappa shape index (κ3) is 4.45. The highest BCUT2D eigenvalue weighted by Gasteiger charge is 2.28. The monoisotopic (exact) mass is 452 g/mol. The summed E-state index contributed by atoms with van der Waals surface area (Å²) in [5.41, 5.74) is 4.47. The first-order valence-electron chi connectivity index (χ1n) is 11.4. The first-order valence-corrected chi connectivity index (χ1v) is 11.4. The largest absolute Gasteiger partial charge is 0.389 e. The van der Waals surface area contributed by atoms with Gasteiger partial charge in [0.2, 0.25) is 0 Å². The molecule has 0 radical (unpaired) electrons. The smallest absolute Gasteiger partial charge is 0.158 e. The second-order valence-corrected chi connectivity index (χ2v) is 8.98. The van der Waals surface area contributed by atoms with Crippen molar-refractivity contribution < 1.29 is 9.50 Å². The van der Waals surface area contributed by atoms with Gasteiger partial charge in [0.25, 0.3) is 0 Å². The molecule has 0 aliphatic carbocycles. The lowest BCUT2D eigenvalue weighted by Gasteiger charge is -2.39. The average Bonchev–Trinajstić information content (AvgIpc) is 3.37. The Hall–Kier alpha value is -2.97. The predicted octanol–water partition coefficient (Wildman–Crippen LogP) is 3.70. The molecule has 7 nitrogen and oxygen atoms in total. The number of halogens is 1. The van der Waals surface area contributed by atoms with Gasteiger partial charge >= 0.3 is 0 Å². The van der Waals surface area contributed by atoms with E-state index in [1.54, 1.807) is 17.7 Å². The molecule has 0 spiro atoms. The number of hydrogen-bond acceptors (Lipinski definition) is 5. The fourth-order valence-corrected chi connectivity index (χ4v) is 4.60. The van der Waals surface area contributed by atoms with Crippen LogP contribution in [0.5, 0.6) is 0 Å². The fraction of sp³-hybridized carbons (Fsp3) is 0.440. The third-order valence-electron chi connectivity index (χ3n) is 6.37. The van der Waals surface area contributed by atoms with Crippen molar-refractivity contribution in [3.63, 3.8) is 0 Å². The van der Waals surface area contributed by atoms with Gasteiger partial charge in [0.1, 0.15) is 11.5 Å². The van der Waals surface area contributed by atoms with Crippen LogP contribution in [0.3, 0.4) is 0 Å². The van der Waals surface area contributed by atoms with E-state index in [9.17, 15) is 9.50 Å². The Kier molecular flexibility index (Phi) is 6.41. The van der Waals surface area contributed by atoms with E-state index < -0.39 is 6.10 Å². The number of anilines is 1. The lowest BCUT2D eigenvalue weighted by molar-refractivity contribution is 0.199. The van der Waals surface area contributed by atoms with Gasteiger partial charge in [-0.15, -0.1) is 0 Å². The first kappa shape index (κ1) is 23.2. The summed E-state index contributed by atoms with van der Waals surface area (Å²) in [6.45, 7) is 14.0. The highest BCUT2D eigenvalue weighted by atomic mass is 19.1. The van der Waals surface area contributed by atoms with E-state index in [1.165, 1.54) is 12.1 Å². The van der Waals surface area contributed by atoms with Gasteiger partial charge in [0, 0.05) is 68.4 Å². The van der Waals surface area contributed by atoms with Gasteiger partial charge in [-0.05, 0) is 57.2 Å². The van der Waals surface area contributed by atoms with Crippen LogP contribution >= 0.6 is 0 Å². The van der Waals surface area contributed by atoms with E-state index in [1.807, 2.05) is 24.1 Å². The molecule has 1 aliphatic heterocycles. The molecule has 0 amide bonds. The molecular formula is C25H33FN6O. The van der Waals surface area contributed by atoms with Crippen LogP contribution in [0.4, 0.5) is 10.2 Å². The summed E-state index contributed by atoms with van der Waals surface area (Å²) in [5.74, 6) is 0.536. The summed E-state index contributed by atoms with van der Waals surface area (Å²) >= 11 is 0. The molecule has 1 N–H and O–H groups in total.